The maximum Gasteiger partial charge on any atom is 0.223 e. The van der Waals surface area contributed by atoms with E-state index in [4.69, 9.17) is 5.73 Å². The van der Waals surface area contributed by atoms with Gasteiger partial charge in [-0.2, -0.15) is 0 Å². The minimum Gasteiger partial charge on any atom is -0.342 e. The molecule has 1 amide bonds. The normalized spacial score (nSPS) is 20.4. The number of Topliss-reactive ketones (excluding diaryl/α,β-unsaturated/α-hetero) is 1. The highest BCUT2D eigenvalue weighted by Crippen LogP contribution is 2.28. The lowest BCUT2D eigenvalue weighted by atomic mass is 9.79. The highest BCUT2D eigenvalue weighted by molar-refractivity contribution is 5.98. The molecular formula is C19H28N2O2. The van der Waals surface area contributed by atoms with Gasteiger partial charge in [-0.05, 0) is 42.9 Å². The molecule has 4 heteroatoms. The number of likely N-dealkylation sites (tertiary alicyclic amines) is 1. The van der Waals surface area contributed by atoms with Gasteiger partial charge in [-0.3, -0.25) is 9.59 Å². The molecule has 2 N–H and O–H groups in total. The molecule has 1 saturated heterocycles. The van der Waals surface area contributed by atoms with Gasteiger partial charge in [0.05, 0.1) is 0 Å². The van der Waals surface area contributed by atoms with Crippen molar-refractivity contribution in [2.45, 2.75) is 53.0 Å². The number of nitrogens with zero attached hydrogens (tertiary/aromatic N) is 1. The van der Waals surface area contributed by atoms with Gasteiger partial charge in [0.1, 0.15) is 0 Å². The summed E-state index contributed by atoms with van der Waals surface area (Å²) in [6.45, 7) is 9.58. The summed E-state index contributed by atoms with van der Waals surface area (Å²) in [4.78, 5) is 26.5. The standard InChI is InChI=1S/C19H28N2O2/c1-13-5-6-15(11-14(13)2)16(22)7-8-18(23)21-10-9-17(20)19(3,4)12-21/h5-6,11,17H,7-10,12,20H2,1-4H3. The van der Waals surface area contributed by atoms with Crippen molar-refractivity contribution in [2.75, 3.05) is 13.1 Å². The number of hydrogen-bond donors (Lipinski definition) is 1. The minimum absolute atomic E-state index is 0.0365. The van der Waals surface area contributed by atoms with Gasteiger partial charge >= 0.3 is 0 Å². The first kappa shape index (κ1) is 17.7. The largest absolute Gasteiger partial charge is 0.342 e. The van der Waals surface area contributed by atoms with Crippen molar-refractivity contribution < 1.29 is 9.59 Å². The summed E-state index contributed by atoms with van der Waals surface area (Å²) in [6, 6.07) is 5.84. The molecule has 1 unspecified atom stereocenters. The number of piperidine rings is 1. The van der Waals surface area contributed by atoms with Gasteiger partial charge in [-0.1, -0.05) is 26.0 Å². The molecule has 0 saturated carbocycles. The fourth-order valence-electron chi connectivity index (χ4n) is 3.02. The summed E-state index contributed by atoms with van der Waals surface area (Å²) in [5, 5.41) is 0. The Balaban J connectivity index is 1.91. The molecular weight excluding hydrogens is 288 g/mol. The molecule has 0 spiro atoms. The summed E-state index contributed by atoms with van der Waals surface area (Å²) >= 11 is 0. The Labute approximate surface area is 139 Å². The van der Waals surface area contributed by atoms with Crippen LogP contribution in [0.2, 0.25) is 0 Å². The second-order valence-electron chi connectivity index (χ2n) is 7.42. The molecule has 2 rings (SSSR count). The summed E-state index contributed by atoms with van der Waals surface area (Å²) in [6.07, 6.45) is 1.37. The van der Waals surface area contributed by atoms with E-state index in [1.165, 1.54) is 5.56 Å². The van der Waals surface area contributed by atoms with Gasteiger partial charge in [0, 0.05) is 37.5 Å². The van der Waals surface area contributed by atoms with Gasteiger partial charge in [0.2, 0.25) is 5.91 Å². The Hall–Kier alpha value is -1.68. The highest BCUT2D eigenvalue weighted by atomic mass is 16.2. The number of aryl methyl sites for hydroxylation is 2. The number of carbonyl (C=O) groups excluding carboxylic acids is 2. The molecule has 1 aliphatic rings. The number of benzene rings is 1. The van der Waals surface area contributed by atoms with Crippen LogP contribution in [0, 0.1) is 19.3 Å². The van der Waals surface area contributed by atoms with E-state index in [9.17, 15) is 9.59 Å². The lowest BCUT2D eigenvalue weighted by Gasteiger charge is -2.42. The fraction of sp³-hybridized carbons (Fsp3) is 0.579. The topological polar surface area (TPSA) is 63.4 Å². The molecule has 1 heterocycles. The van der Waals surface area contributed by atoms with E-state index in [2.05, 4.69) is 13.8 Å². The molecule has 1 atom stereocenters. The van der Waals surface area contributed by atoms with E-state index in [1.807, 2.05) is 36.9 Å². The number of rotatable bonds is 4. The summed E-state index contributed by atoms with van der Waals surface area (Å²) in [5.74, 6) is 0.0941. The van der Waals surface area contributed by atoms with Crippen LogP contribution in [0.25, 0.3) is 0 Å². The fourth-order valence-corrected chi connectivity index (χ4v) is 3.02. The van der Waals surface area contributed by atoms with Gasteiger partial charge in [-0.25, -0.2) is 0 Å². The highest BCUT2D eigenvalue weighted by Gasteiger charge is 2.35. The Morgan fingerprint density at radius 1 is 1.22 bits per heavy atom. The Morgan fingerprint density at radius 2 is 1.91 bits per heavy atom. The third kappa shape index (κ3) is 4.20. The van der Waals surface area contributed by atoms with Crippen LogP contribution in [0.15, 0.2) is 18.2 Å². The van der Waals surface area contributed by atoms with E-state index in [0.29, 0.717) is 18.7 Å². The maximum atomic E-state index is 12.4. The van der Waals surface area contributed by atoms with Crippen LogP contribution >= 0.6 is 0 Å². The van der Waals surface area contributed by atoms with Gasteiger partial charge in [-0.15, -0.1) is 0 Å². The summed E-state index contributed by atoms with van der Waals surface area (Å²) in [7, 11) is 0. The van der Waals surface area contributed by atoms with Crippen LogP contribution in [-0.4, -0.2) is 35.7 Å². The third-order valence-corrected chi connectivity index (χ3v) is 5.06. The van der Waals surface area contributed by atoms with Gasteiger partial charge in [0.15, 0.2) is 5.78 Å². The van der Waals surface area contributed by atoms with Gasteiger partial charge in [0.25, 0.3) is 0 Å². The minimum atomic E-state index is -0.0635. The average Bonchev–Trinajstić information content (AvgIpc) is 2.49. The van der Waals surface area contributed by atoms with Crippen LogP contribution in [0.4, 0.5) is 0 Å². The van der Waals surface area contributed by atoms with E-state index >= 15 is 0 Å². The van der Waals surface area contributed by atoms with Crippen LogP contribution in [-0.2, 0) is 4.79 Å². The first-order valence-electron chi connectivity index (χ1n) is 8.34. The van der Waals surface area contributed by atoms with E-state index in [1.54, 1.807) is 0 Å². The maximum absolute atomic E-state index is 12.4. The van der Waals surface area contributed by atoms with E-state index < -0.39 is 0 Å². The molecule has 1 aromatic rings. The Kier molecular flexibility index (Phi) is 5.25. The van der Waals surface area contributed by atoms with Crippen molar-refractivity contribution in [3.8, 4) is 0 Å². The number of nitrogens with two attached hydrogens (primary N) is 1. The number of ketones is 1. The first-order valence-corrected chi connectivity index (χ1v) is 8.34. The van der Waals surface area contributed by atoms with Crippen molar-refractivity contribution in [1.82, 2.24) is 4.90 Å². The second-order valence-corrected chi connectivity index (χ2v) is 7.42. The van der Waals surface area contributed by atoms with Crippen molar-refractivity contribution in [3.05, 3.63) is 34.9 Å². The van der Waals surface area contributed by atoms with Crippen molar-refractivity contribution in [1.29, 1.82) is 0 Å². The van der Waals surface area contributed by atoms with Crippen molar-refractivity contribution in [2.24, 2.45) is 11.1 Å². The third-order valence-electron chi connectivity index (χ3n) is 5.06. The molecule has 23 heavy (non-hydrogen) atoms. The zero-order valence-corrected chi connectivity index (χ0v) is 14.7. The molecule has 0 radical (unpaired) electrons. The number of carbonyl (C=O) groups is 2. The number of hydrogen-bond acceptors (Lipinski definition) is 3. The molecule has 0 bridgehead atoms. The van der Waals surface area contributed by atoms with Crippen LogP contribution < -0.4 is 5.73 Å². The molecule has 4 nitrogen and oxygen atoms in total. The molecule has 126 valence electrons. The number of amides is 1. The van der Waals surface area contributed by atoms with Crippen LogP contribution in [0.5, 0.6) is 0 Å². The SMILES string of the molecule is Cc1ccc(C(=O)CCC(=O)N2CCC(N)C(C)(C)C2)cc1C. The second kappa shape index (κ2) is 6.83. The van der Waals surface area contributed by atoms with Crippen molar-refractivity contribution in [3.63, 3.8) is 0 Å². The first-order chi connectivity index (χ1) is 10.7. The van der Waals surface area contributed by atoms with Crippen LogP contribution in [0.3, 0.4) is 0 Å². The van der Waals surface area contributed by atoms with Crippen molar-refractivity contribution >= 4 is 11.7 Å². The molecule has 0 aromatic heterocycles. The van der Waals surface area contributed by atoms with E-state index in [0.717, 1.165) is 12.0 Å². The Bertz CT molecular complexity index is 607. The molecule has 1 aromatic carbocycles. The van der Waals surface area contributed by atoms with Gasteiger partial charge < -0.3 is 10.6 Å². The average molecular weight is 316 g/mol. The predicted octanol–water partition coefficient (Wildman–Crippen LogP) is 2.85. The molecule has 1 aliphatic heterocycles. The predicted molar refractivity (Wildman–Crippen MR) is 92.4 cm³/mol. The van der Waals surface area contributed by atoms with E-state index in [-0.39, 0.29) is 36.0 Å². The smallest absolute Gasteiger partial charge is 0.223 e. The lowest BCUT2D eigenvalue weighted by molar-refractivity contribution is -0.134. The monoisotopic (exact) mass is 316 g/mol. The van der Waals surface area contributed by atoms with Crippen LogP contribution in [0.1, 0.15) is 54.6 Å². The Morgan fingerprint density at radius 3 is 2.52 bits per heavy atom. The molecule has 0 aliphatic carbocycles. The summed E-state index contributed by atoms with van der Waals surface area (Å²) < 4.78 is 0. The zero-order chi connectivity index (χ0) is 17.2. The molecule has 1 fully saturated rings. The summed E-state index contributed by atoms with van der Waals surface area (Å²) in [5.41, 5.74) is 9.02. The quantitative estimate of drug-likeness (QED) is 0.869. The lowest BCUT2D eigenvalue weighted by Crippen LogP contribution is -2.54. The zero-order valence-electron chi connectivity index (χ0n) is 14.7.